The van der Waals surface area contributed by atoms with Gasteiger partial charge in [0, 0.05) is 12.6 Å². The third-order valence-electron chi connectivity index (χ3n) is 5.00. The molecule has 1 aromatic carbocycles. The molecular weight excluding hydrogens is 335 g/mol. The van der Waals surface area contributed by atoms with Gasteiger partial charge in [-0.3, -0.25) is 11.3 Å². The zero-order valence-electron chi connectivity index (χ0n) is 12.1. The lowest BCUT2D eigenvalue weighted by Crippen LogP contribution is -2.43. The standard InChI is InChI=1S/C16H22BrFN2O/c17-13-9-11(3-4-14(13)18)15(20-19)12-5-8-21-16(10-12)6-1-2-7-16/h3-4,9,12,15,20H,1-2,5-8,10,19H2. The average molecular weight is 357 g/mol. The van der Waals surface area contributed by atoms with Crippen LogP contribution in [0.5, 0.6) is 0 Å². The van der Waals surface area contributed by atoms with Crippen LogP contribution in [0.1, 0.15) is 50.1 Å². The van der Waals surface area contributed by atoms with Gasteiger partial charge in [0.05, 0.1) is 10.1 Å². The summed E-state index contributed by atoms with van der Waals surface area (Å²) in [5.41, 5.74) is 4.04. The fourth-order valence-corrected chi connectivity index (χ4v) is 4.32. The molecule has 2 aliphatic rings. The summed E-state index contributed by atoms with van der Waals surface area (Å²) in [6.45, 7) is 0.797. The number of halogens is 2. The number of hydrazine groups is 1. The molecule has 1 aromatic rings. The Morgan fingerprint density at radius 1 is 1.38 bits per heavy atom. The van der Waals surface area contributed by atoms with Gasteiger partial charge in [0.15, 0.2) is 0 Å². The van der Waals surface area contributed by atoms with Gasteiger partial charge in [0.1, 0.15) is 5.82 Å². The molecule has 3 rings (SSSR count). The first-order valence-electron chi connectivity index (χ1n) is 7.69. The van der Waals surface area contributed by atoms with Crippen molar-refractivity contribution >= 4 is 15.9 Å². The number of benzene rings is 1. The molecule has 2 unspecified atom stereocenters. The second-order valence-electron chi connectivity index (χ2n) is 6.31. The van der Waals surface area contributed by atoms with Gasteiger partial charge in [-0.25, -0.2) is 4.39 Å². The first-order chi connectivity index (χ1) is 10.1. The Morgan fingerprint density at radius 3 is 2.81 bits per heavy atom. The van der Waals surface area contributed by atoms with E-state index in [1.54, 1.807) is 0 Å². The maximum atomic E-state index is 13.4. The molecule has 1 heterocycles. The molecular formula is C16H22BrFN2O. The zero-order chi connectivity index (χ0) is 14.9. The Balaban J connectivity index is 1.80. The maximum Gasteiger partial charge on any atom is 0.137 e. The molecule has 0 amide bonds. The number of hydrogen-bond acceptors (Lipinski definition) is 3. The summed E-state index contributed by atoms with van der Waals surface area (Å²) in [4.78, 5) is 0. The van der Waals surface area contributed by atoms with Crippen LogP contribution in [-0.2, 0) is 4.74 Å². The summed E-state index contributed by atoms with van der Waals surface area (Å²) in [6, 6.07) is 5.19. The molecule has 1 aliphatic carbocycles. The van der Waals surface area contributed by atoms with E-state index >= 15 is 0 Å². The molecule has 0 bridgehead atoms. The van der Waals surface area contributed by atoms with E-state index in [0.29, 0.717) is 10.4 Å². The molecule has 1 saturated carbocycles. The van der Waals surface area contributed by atoms with Gasteiger partial charge in [-0.05, 0) is 65.2 Å². The maximum absolute atomic E-state index is 13.4. The van der Waals surface area contributed by atoms with Gasteiger partial charge in [-0.2, -0.15) is 0 Å². The highest BCUT2D eigenvalue weighted by molar-refractivity contribution is 9.10. The quantitative estimate of drug-likeness (QED) is 0.639. The second-order valence-corrected chi connectivity index (χ2v) is 7.16. The zero-order valence-corrected chi connectivity index (χ0v) is 13.7. The van der Waals surface area contributed by atoms with Crippen LogP contribution in [0.25, 0.3) is 0 Å². The molecule has 2 fully saturated rings. The fourth-order valence-electron chi connectivity index (χ4n) is 3.93. The summed E-state index contributed by atoms with van der Waals surface area (Å²) in [5.74, 6) is 6.00. The van der Waals surface area contributed by atoms with Gasteiger partial charge >= 0.3 is 0 Å². The highest BCUT2D eigenvalue weighted by atomic mass is 79.9. The van der Waals surface area contributed by atoms with Crippen LogP contribution in [0.15, 0.2) is 22.7 Å². The van der Waals surface area contributed by atoms with Crippen molar-refractivity contribution < 1.29 is 9.13 Å². The summed E-state index contributed by atoms with van der Waals surface area (Å²) in [5, 5.41) is 0. The van der Waals surface area contributed by atoms with E-state index in [1.165, 1.54) is 18.9 Å². The molecule has 1 spiro atoms. The van der Waals surface area contributed by atoms with Crippen molar-refractivity contribution in [1.29, 1.82) is 0 Å². The van der Waals surface area contributed by atoms with Crippen LogP contribution < -0.4 is 11.3 Å². The molecule has 116 valence electrons. The SMILES string of the molecule is NNC(c1ccc(F)c(Br)c1)C1CCOC2(CCCC2)C1. The van der Waals surface area contributed by atoms with Gasteiger partial charge in [-0.1, -0.05) is 18.9 Å². The Labute approximate surface area is 133 Å². The Hall–Kier alpha value is -0.490. The van der Waals surface area contributed by atoms with Gasteiger partial charge in [0.2, 0.25) is 0 Å². The van der Waals surface area contributed by atoms with Crippen molar-refractivity contribution in [3.05, 3.63) is 34.1 Å². The summed E-state index contributed by atoms with van der Waals surface area (Å²) >= 11 is 3.26. The van der Waals surface area contributed by atoms with E-state index in [9.17, 15) is 4.39 Å². The lowest BCUT2D eigenvalue weighted by molar-refractivity contribution is -0.0982. The minimum Gasteiger partial charge on any atom is -0.375 e. The van der Waals surface area contributed by atoms with Crippen LogP contribution in [0.2, 0.25) is 0 Å². The van der Waals surface area contributed by atoms with Gasteiger partial charge < -0.3 is 4.74 Å². The molecule has 1 saturated heterocycles. The van der Waals surface area contributed by atoms with E-state index in [0.717, 1.165) is 37.9 Å². The normalized spacial score (nSPS) is 26.1. The largest absolute Gasteiger partial charge is 0.375 e. The number of ether oxygens (including phenoxy) is 1. The summed E-state index contributed by atoms with van der Waals surface area (Å²) < 4.78 is 20.0. The first-order valence-corrected chi connectivity index (χ1v) is 8.48. The van der Waals surface area contributed by atoms with Crippen molar-refractivity contribution in [3.63, 3.8) is 0 Å². The Bertz CT molecular complexity index is 505. The van der Waals surface area contributed by atoms with Crippen molar-refractivity contribution in [2.24, 2.45) is 11.8 Å². The van der Waals surface area contributed by atoms with Crippen LogP contribution in [0, 0.1) is 11.7 Å². The third kappa shape index (κ3) is 3.16. The van der Waals surface area contributed by atoms with Crippen LogP contribution in [0.4, 0.5) is 4.39 Å². The van der Waals surface area contributed by atoms with Crippen molar-refractivity contribution in [3.8, 4) is 0 Å². The molecule has 5 heteroatoms. The molecule has 21 heavy (non-hydrogen) atoms. The number of hydrogen-bond donors (Lipinski definition) is 2. The third-order valence-corrected chi connectivity index (χ3v) is 5.61. The van der Waals surface area contributed by atoms with Gasteiger partial charge in [0.25, 0.3) is 0 Å². The van der Waals surface area contributed by atoms with E-state index in [-0.39, 0.29) is 17.5 Å². The molecule has 3 N–H and O–H groups in total. The molecule has 0 radical (unpaired) electrons. The van der Waals surface area contributed by atoms with Crippen molar-refractivity contribution in [1.82, 2.24) is 5.43 Å². The second kappa shape index (κ2) is 6.32. The predicted octanol–water partition coefficient (Wildman–Crippen LogP) is 3.83. The van der Waals surface area contributed by atoms with Crippen molar-refractivity contribution in [2.45, 2.75) is 50.2 Å². The molecule has 3 nitrogen and oxygen atoms in total. The summed E-state index contributed by atoms with van der Waals surface area (Å²) in [7, 11) is 0. The number of rotatable bonds is 3. The molecule has 2 atom stereocenters. The van der Waals surface area contributed by atoms with Crippen LogP contribution >= 0.6 is 15.9 Å². The molecule has 0 aromatic heterocycles. The first kappa shape index (κ1) is 15.4. The average Bonchev–Trinajstić information content (AvgIpc) is 2.91. The fraction of sp³-hybridized carbons (Fsp3) is 0.625. The van der Waals surface area contributed by atoms with E-state index in [4.69, 9.17) is 10.6 Å². The molecule has 1 aliphatic heterocycles. The smallest absolute Gasteiger partial charge is 0.137 e. The van der Waals surface area contributed by atoms with E-state index < -0.39 is 0 Å². The Morgan fingerprint density at radius 2 is 2.14 bits per heavy atom. The Kier molecular flexibility index (Phi) is 4.64. The highest BCUT2D eigenvalue weighted by Crippen LogP contribution is 2.45. The van der Waals surface area contributed by atoms with E-state index in [1.807, 2.05) is 12.1 Å². The lowest BCUT2D eigenvalue weighted by atomic mass is 9.79. The summed E-state index contributed by atoms with van der Waals surface area (Å²) in [6.07, 6.45) is 6.87. The van der Waals surface area contributed by atoms with E-state index in [2.05, 4.69) is 21.4 Å². The number of nitrogens with one attached hydrogen (secondary N) is 1. The number of nitrogens with two attached hydrogens (primary N) is 1. The highest BCUT2D eigenvalue weighted by Gasteiger charge is 2.42. The van der Waals surface area contributed by atoms with Crippen molar-refractivity contribution in [2.75, 3.05) is 6.61 Å². The monoisotopic (exact) mass is 356 g/mol. The topological polar surface area (TPSA) is 47.3 Å². The van der Waals surface area contributed by atoms with Crippen LogP contribution in [0.3, 0.4) is 0 Å². The minimum absolute atomic E-state index is 0.0447. The minimum atomic E-state index is -0.242. The predicted molar refractivity (Wildman–Crippen MR) is 84.0 cm³/mol. The van der Waals surface area contributed by atoms with Gasteiger partial charge in [-0.15, -0.1) is 0 Å². The lowest BCUT2D eigenvalue weighted by Gasteiger charge is -2.41. The van der Waals surface area contributed by atoms with Crippen LogP contribution in [-0.4, -0.2) is 12.2 Å².